The van der Waals surface area contributed by atoms with Gasteiger partial charge in [-0.05, 0) is 29.8 Å². The minimum Gasteiger partial charge on any atom is -0.478 e. The van der Waals surface area contributed by atoms with Gasteiger partial charge in [0.15, 0.2) is 0 Å². The molecule has 1 heterocycles. The first kappa shape index (κ1) is 14.0. The van der Waals surface area contributed by atoms with Crippen molar-refractivity contribution in [2.24, 2.45) is 0 Å². The highest BCUT2D eigenvalue weighted by Gasteiger charge is 2.12. The SMILES string of the molecule is N#Cc1ccc(CSc2ncccc2C(=O)O)c(F)c1. The largest absolute Gasteiger partial charge is 0.478 e. The number of benzene rings is 1. The Bertz CT molecular complexity index is 698. The summed E-state index contributed by atoms with van der Waals surface area (Å²) in [7, 11) is 0. The average Bonchev–Trinajstić information content (AvgIpc) is 2.46. The first-order valence-electron chi connectivity index (χ1n) is 5.61. The van der Waals surface area contributed by atoms with Gasteiger partial charge in [0.1, 0.15) is 10.8 Å². The molecule has 0 saturated heterocycles. The van der Waals surface area contributed by atoms with Gasteiger partial charge >= 0.3 is 5.97 Å². The van der Waals surface area contributed by atoms with Gasteiger partial charge in [0, 0.05) is 11.9 Å². The molecular weight excluding hydrogens is 279 g/mol. The van der Waals surface area contributed by atoms with E-state index in [0.717, 1.165) is 17.8 Å². The van der Waals surface area contributed by atoms with Crippen molar-refractivity contribution in [3.05, 3.63) is 59.0 Å². The summed E-state index contributed by atoms with van der Waals surface area (Å²) in [5.41, 5.74) is 0.739. The second kappa shape index (κ2) is 6.17. The van der Waals surface area contributed by atoms with E-state index in [0.29, 0.717) is 10.6 Å². The second-order valence-electron chi connectivity index (χ2n) is 3.87. The van der Waals surface area contributed by atoms with Gasteiger partial charge in [-0.15, -0.1) is 11.8 Å². The monoisotopic (exact) mass is 288 g/mol. The summed E-state index contributed by atoms with van der Waals surface area (Å²) < 4.78 is 13.7. The molecule has 0 aliphatic carbocycles. The fourth-order valence-corrected chi connectivity index (χ4v) is 2.52. The van der Waals surface area contributed by atoms with Crippen molar-refractivity contribution < 1.29 is 14.3 Å². The van der Waals surface area contributed by atoms with E-state index >= 15 is 0 Å². The number of nitriles is 1. The third-order valence-corrected chi connectivity index (χ3v) is 3.60. The minimum absolute atomic E-state index is 0.0894. The molecule has 0 aliphatic heterocycles. The minimum atomic E-state index is -1.07. The predicted octanol–water partition coefficient (Wildman–Crippen LogP) is 3.08. The number of hydrogen-bond donors (Lipinski definition) is 1. The molecule has 2 aromatic rings. The molecule has 0 saturated carbocycles. The van der Waals surface area contributed by atoms with Gasteiger partial charge in [0.2, 0.25) is 0 Å². The lowest BCUT2D eigenvalue weighted by molar-refractivity contribution is 0.0692. The Labute approximate surface area is 118 Å². The molecule has 2 rings (SSSR count). The van der Waals surface area contributed by atoms with Gasteiger partial charge in [-0.1, -0.05) is 6.07 Å². The zero-order valence-corrected chi connectivity index (χ0v) is 11.0. The number of carboxylic acid groups (broad SMARTS) is 1. The van der Waals surface area contributed by atoms with Crippen LogP contribution in [0, 0.1) is 17.1 Å². The molecule has 0 radical (unpaired) electrons. The van der Waals surface area contributed by atoms with E-state index in [2.05, 4.69) is 4.98 Å². The van der Waals surface area contributed by atoms with Crippen LogP contribution in [0.1, 0.15) is 21.5 Å². The highest BCUT2D eigenvalue weighted by molar-refractivity contribution is 7.98. The topological polar surface area (TPSA) is 74.0 Å². The van der Waals surface area contributed by atoms with E-state index in [-0.39, 0.29) is 16.9 Å². The van der Waals surface area contributed by atoms with Crippen LogP contribution in [0.25, 0.3) is 0 Å². The van der Waals surface area contributed by atoms with Crippen LogP contribution < -0.4 is 0 Å². The number of hydrogen-bond acceptors (Lipinski definition) is 4. The van der Waals surface area contributed by atoms with E-state index in [1.54, 1.807) is 0 Å². The molecule has 0 spiro atoms. The van der Waals surface area contributed by atoms with Gasteiger partial charge in [-0.25, -0.2) is 14.2 Å². The Kier molecular flexibility index (Phi) is 4.33. The number of halogens is 1. The number of aromatic carboxylic acids is 1. The highest BCUT2D eigenvalue weighted by atomic mass is 32.2. The molecule has 1 N–H and O–H groups in total. The molecule has 4 nitrogen and oxygen atoms in total. The lowest BCUT2D eigenvalue weighted by atomic mass is 10.1. The van der Waals surface area contributed by atoms with Crippen LogP contribution >= 0.6 is 11.8 Å². The number of pyridine rings is 1. The Morgan fingerprint density at radius 3 is 2.90 bits per heavy atom. The zero-order valence-electron chi connectivity index (χ0n) is 10.2. The molecule has 20 heavy (non-hydrogen) atoms. The Morgan fingerprint density at radius 2 is 2.25 bits per heavy atom. The first-order chi connectivity index (χ1) is 9.61. The summed E-state index contributed by atoms with van der Waals surface area (Å²) in [6.45, 7) is 0. The van der Waals surface area contributed by atoms with Crippen molar-refractivity contribution in [2.75, 3.05) is 0 Å². The third kappa shape index (κ3) is 3.13. The molecule has 0 fully saturated rings. The highest BCUT2D eigenvalue weighted by Crippen LogP contribution is 2.25. The lowest BCUT2D eigenvalue weighted by Crippen LogP contribution is -2.00. The van der Waals surface area contributed by atoms with E-state index in [1.165, 1.54) is 30.5 Å². The summed E-state index contributed by atoms with van der Waals surface area (Å²) in [5, 5.41) is 18.0. The number of carbonyl (C=O) groups is 1. The van der Waals surface area contributed by atoms with Gasteiger partial charge in [0.05, 0.1) is 17.2 Å². The van der Waals surface area contributed by atoms with Crippen LogP contribution in [0.15, 0.2) is 41.6 Å². The molecule has 1 aromatic heterocycles. The smallest absolute Gasteiger partial charge is 0.338 e. The third-order valence-electron chi connectivity index (χ3n) is 2.55. The first-order valence-corrected chi connectivity index (χ1v) is 6.60. The van der Waals surface area contributed by atoms with Crippen LogP contribution in [0.3, 0.4) is 0 Å². The van der Waals surface area contributed by atoms with E-state index in [9.17, 15) is 9.18 Å². The van der Waals surface area contributed by atoms with E-state index < -0.39 is 11.8 Å². The van der Waals surface area contributed by atoms with Crippen LogP contribution in [0.5, 0.6) is 0 Å². The molecule has 0 aliphatic rings. The van der Waals surface area contributed by atoms with Crippen molar-refractivity contribution >= 4 is 17.7 Å². The fraction of sp³-hybridized carbons (Fsp3) is 0.0714. The Morgan fingerprint density at radius 1 is 1.45 bits per heavy atom. The van der Waals surface area contributed by atoms with Crippen molar-refractivity contribution in [2.45, 2.75) is 10.8 Å². The second-order valence-corrected chi connectivity index (χ2v) is 4.83. The number of nitrogens with zero attached hydrogens (tertiary/aromatic N) is 2. The summed E-state index contributed by atoms with van der Waals surface area (Å²) in [6, 6.07) is 9.05. The van der Waals surface area contributed by atoms with Gasteiger partial charge in [-0.3, -0.25) is 0 Å². The van der Waals surface area contributed by atoms with Gasteiger partial charge < -0.3 is 5.11 Å². The Balaban J connectivity index is 2.18. The molecule has 0 unspecified atom stereocenters. The summed E-state index contributed by atoms with van der Waals surface area (Å²) in [5.74, 6) is -1.31. The molecule has 100 valence electrons. The molecule has 0 bridgehead atoms. The lowest BCUT2D eigenvalue weighted by Gasteiger charge is -2.05. The predicted molar refractivity (Wildman–Crippen MR) is 71.9 cm³/mol. The number of aromatic nitrogens is 1. The normalized spacial score (nSPS) is 10.0. The maximum absolute atomic E-state index is 13.7. The molecule has 0 amide bonds. The number of carboxylic acids is 1. The molecule has 0 atom stereocenters. The van der Waals surface area contributed by atoms with Crippen molar-refractivity contribution in [3.8, 4) is 6.07 Å². The number of rotatable bonds is 4. The maximum atomic E-state index is 13.7. The van der Waals surface area contributed by atoms with Crippen molar-refractivity contribution in [1.29, 1.82) is 5.26 Å². The van der Waals surface area contributed by atoms with Crippen LogP contribution in [0.4, 0.5) is 4.39 Å². The van der Waals surface area contributed by atoms with Gasteiger partial charge in [-0.2, -0.15) is 5.26 Å². The fourth-order valence-electron chi connectivity index (χ4n) is 1.55. The average molecular weight is 288 g/mol. The van der Waals surface area contributed by atoms with E-state index in [4.69, 9.17) is 10.4 Å². The maximum Gasteiger partial charge on any atom is 0.338 e. The van der Waals surface area contributed by atoms with E-state index in [1.807, 2.05) is 6.07 Å². The zero-order chi connectivity index (χ0) is 14.5. The van der Waals surface area contributed by atoms with Crippen LogP contribution in [-0.2, 0) is 5.75 Å². The molecule has 1 aromatic carbocycles. The van der Waals surface area contributed by atoms with Crippen LogP contribution in [-0.4, -0.2) is 16.1 Å². The van der Waals surface area contributed by atoms with Crippen LogP contribution in [0.2, 0.25) is 0 Å². The van der Waals surface area contributed by atoms with Gasteiger partial charge in [0.25, 0.3) is 0 Å². The standard InChI is InChI=1S/C14H9FN2O2S/c15-12-6-9(7-16)3-4-10(12)8-20-13-11(14(18)19)2-1-5-17-13/h1-6H,8H2,(H,18,19). The summed E-state index contributed by atoms with van der Waals surface area (Å²) in [4.78, 5) is 15.0. The molecular formula is C14H9FN2O2S. The summed E-state index contributed by atoms with van der Waals surface area (Å²) >= 11 is 1.14. The van der Waals surface area contributed by atoms with Crippen molar-refractivity contribution in [1.82, 2.24) is 4.98 Å². The quantitative estimate of drug-likeness (QED) is 0.875. The molecule has 6 heteroatoms. The van der Waals surface area contributed by atoms with Crippen molar-refractivity contribution in [3.63, 3.8) is 0 Å². The summed E-state index contributed by atoms with van der Waals surface area (Å²) in [6.07, 6.45) is 1.49. The Hall–Kier alpha value is -2.39. The number of thioether (sulfide) groups is 1.